The number of benzene rings is 1. The predicted molar refractivity (Wildman–Crippen MR) is 113 cm³/mol. The van der Waals surface area contributed by atoms with Crippen LogP contribution >= 0.6 is 15.9 Å². The molecule has 0 saturated carbocycles. The highest BCUT2D eigenvalue weighted by Gasteiger charge is 2.58. The summed E-state index contributed by atoms with van der Waals surface area (Å²) in [5.74, 6) is -0.898. The predicted octanol–water partition coefficient (Wildman–Crippen LogP) is 5.63. The van der Waals surface area contributed by atoms with Crippen molar-refractivity contribution in [2.75, 3.05) is 0 Å². The Labute approximate surface area is 182 Å². The molecule has 0 spiro atoms. The number of carbonyl (C=O) groups excluding carboxylic acids is 1. The Kier molecular flexibility index (Phi) is 8.29. The van der Waals surface area contributed by atoms with Gasteiger partial charge in [0.25, 0.3) is 0 Å². The summed E-state index contributed by atoms with van der Waals surface area (Å²) >= 11 is 1.45. The van der Waals surface area contributed by atoms with Crippen LogP contribution < -0.4 is 4.72 Å². The lowest BCUT2D eigenvalue weighted by Crippen LogP contribution is -2.59. The van der Waals surface area contributed by atoms with Gasteiger partial charge in [-0.1, -0.05) is 41.9 Å². The number of alkyl halides is 3. The Balaban J connectivity index is 3.70. The minimum Gasteiger partial charge on any atom is -0.598 e. The molecular weight excluding hydrogens is 471 g/mol. The highest BCUT2D eigenvalue weighted by Crippen LogP contribution is 2.47. The van der Waals surface area contributed by atoms with Crippen LogP contribution in [0.15, 0.2) is 28.7 Å². The molecule has 0 heterocycles. The number of hydrogen-bond acceptors (Lipinski definition) is 4. The maximum atomic E-state index is 13.8. The molecule has 0 aromatic heterocycles. The standard InChI is InChI=1S/C20H29BrF3NO3S/c1-13(2)28-16(26)19(25-29(27)17(3,4)5,12-18(6,7)20(22,23)24)14-8-10-15(21)11-9-14/h8-11,13,25H,12H2,1-7H3/t19-,29?/m1/s1. The summed E-state index contributed by atoms with van der Waals surface area (Å²) in [7, 11) is 0. The van der Waals surface area contributed by atoms with E-state index >= 15 is 0 Å². The summed E-state index contributed by atoms with van der Waals surface area (Å²) in [5.41, 5.74) is -3.96. The van der Waals surface area contributed by atoms with Crippen LogP contribution in [0.1, 0.15) is 60.5 Å². The topological polar surface area (TPSA) is 61.4 Å². The number of halogens is 4. The first kappa shape index (κ1) is 26.3. The zero-order chi connectivity index (χ0) is 22.8. The summed E-state index contributed by atoms with van der Waals surface area (Å²) < 4.78 is 62.2. The fraction of sp³-hybridized carbons (Fsp3) is 0.650. The van der Waals surface area contributed by atoms with E-state index < -0.39 is 51.7 Å². The van der Waals surface area contributed by atoms with E-state index in [0.717, 1.165) is 13.8 Å². The summed E-state index contributed by atoms with van der Waals surface area (Å²) in [6.07, 6.45) is -5.83. The molecule has 166 valence electrons. The number of hydrogen-bond donors (Lipinski definition) is 1. The van der Waals surface area contributed by atoms with E-state index in [1.165, 1.54) is 12.1 Å². The monoisotopic (exact) mass is 499 g/mol. The minimum atomic E-state index is -4.59. The molecule has 1 aromatic rings. The molecule has 0 aliphatic rings. The van der Waals surface area contributed by atoms with Crippen LogP contribution in [0.5, 0.6) is 0 Å². The Morgan fingerprint density at radius 3 is 2.00 bits per heavy atom. The van der Waals surface area contributed by atoms with E-state index in [4.69, 9.17) is 4.74 Å². The Morgan fingerprint density at radius 1 is 1.14 bits per heavy atom. The van der Waals surface area contributed by atoms with Gasteiger partial charge in [0.05, 0.1) is 11.5 Å². The largest absolute Gasteiger partial charge is 0.598 e. The summed E-state index contributed by atoms with van der Waals surface area (Å²) in [5, 5.41) is 0. The van der Waals surface area contributed by atoms with E-state index in [9.17, 15) is 22.5 Å². The zero-order valence-electron chi connectivity index (χ0n) is 17.7. The first-order valence-electron chi connectivity index (χ1n) is 9.16. The molecule has 29 heavy (non-hydrogen) atoms. The third-order valence-electron chi connectivity index (χ3n) is 4.33. The van der Waals surface area contributed by atoms with Crippen LogP contribution in [-0.2, 0) is 26.4 Å². The fourth-order valence-electron chi connectivity index (χ4n) is 2.55. The van der Waals surface area contributed by atoms with Crippen molar-refractivity contribution in [2.24, 2.45) is 5.41 Å². The first-order chi connectivity index (χ1) is 12.9. The molecule has 0 saturated heterocycles. The molecule has 1 N–H and O–H groups in total. The van der Waals surface area contributed by atoms with Gasteiger partial charge in [-0.25, -0.2) is 4.79 Å². The Morgan fingerprint density at radius 2 is 1.62 bits per heavy atom. The number of carbonyl (C=O) groups is 1. The molecule has 0 aliphatic carbocycles. The van der Waals surface area contributed by atoms with E-state index in [1.54, 1.807) is 46.8 Å². The number of esters is 1. The highest BCUT2D eigenvalue weighted by molar-refractivity contribution is 9.10. The van der Waals surface area contributed by atoms with Gasteiger partial charge >= 0.3 is 12.1 Å². The molecule has 0 radical (unpaired) electrons. The summed E-state index contributed by atoms with van der Waals surface area (Å²) in [6.45, 7) is 10.3. The second-order valence-electron chi connectivity index (χ2n) is 8.91. The zero-order valence-corrected chi connectivity index (χ0v) is 20.1. The third-order valence-corrected chi connectivity index (χ3v) is 6.50. The third kappa shape index (κ3) is 6.60. The van der Waals surface area contributed by atoms with Crippen LogP contribution in [-0.4, -0.2) is 27.5 Å². The van der Waals surface area contributed by atoms with Gasteiger partial charge in [0.2, 0.25) is 0 Å². The lowest BCUT2D eigenvalue weighted by molar-refractivity contribution is -0.220. The number of nitrogens with one attached hydrogen (secondary N) is 1. The molecule has 1 unspecified atom stereocenters. The Hall–Kier alpha value is -0.770. The molecule has 0 bridgehead atoms. The van der Waals surface area contributed by atoms with E-state index in [2.05, 4.69) is 20.7 Å². The quantitative estimate of drug-likeness (QED) is 0.390. The molecule has 9 heteroatoms. The fourth-order valence-corrected chi connectivity index (χ4v) is 3.71. The van der Waals surface area contributed by atoms with Crippen molar-refractivity contribution in [1.82, 2.24) is 4.72 Å². The van der Waals surface area contributed by atoms with Crippen molar-refractivity contribution in [1.29, 1.82) is 0 Å². The molecular formula is C20H29BrF3NO3S. The highest BCUT2D eigenvalue weighted by atomic mass is 79.9. The van der Waals surface area contributed by atoms with E-state index in [0.29, 0.717) is 4.47 Å². The van der Waals surface area contributed by atoms with Gasteiger partial charge in [-0.05, 0) is 58.7 Å². The van der Waals surface area contributed by atoms with Gasteiger partial charge in [-0.15, -0.1) is 4.72 Å². The van der Waals surface area contributed by atoms with Gasteiger partial charge < -0.3 is 9.29 Å². The maximum Gasteiger partial charge on any atom is 0.394 e. The van der Waals surface area contributed by atoms with Crippen LogP contribution in [0.3, 0.4) is 0 Å². The SMILES string of the molecule is CC(C)OC(=O)[C@](CC(C)(C)C(F)(F)F)(N[S+]([O-])C(C)(C)C)c1ccc(Br)cc1. The second kappa shape index (κ2) is 9.16. The van der Waals surface area contributed by atoms with Crippen molar-refractivity contribution >= 4 is 33.3 Å². The average molecular weight is 500 g/mol. The molecule has 0 fully saturated rings. The van der Waals surface area contributed by atoms with E-state index in [-0.39, 0.29) is 5.56 Å². The molecule has 1 rings (SSSR count). The van der Waals surface area contributed by atoms with Gasteiger partial charge in [0.1, 0.15) is 4.75 Å². The second-order valence-corrected chi connectivity index (χ2v) is 11.8. The lowest BCUT2D eigenvalue weighted by atomic mass is 9.74. The van der Waals surface area contributed by atoms with Gasteiger partial charge in [0, 0.05) is 15.8 Å². The van der Waals surface area contributed by atoms with Gasteiger partial charge in [-0.2, -0.15) is 13.2 Å². The van der Waals surface area contributed by atoms with E-state index in [1.807, 2.05) is 0 Å². The van der Waals surface area contributed by atoms with Crippen molar-refractivity contribution in [3.8, 4) is 0 Å². The Bertz CT molecular complexity index is 702. The normalized spacial score (nSPS) is 16.4. The average Bonchev–Trinajstić information content (AvgIpc) is 2.51. The minimum absolute atomic E-state index is 0.251. The van der Waals surface area contributed by atoms with Crippen LogP contribution in [0.4, 0.5) is 13.2 Å². The first-order valence-corrected chi connectivity index (χ1v) is 11.1. The number of ether oxygens (including phenoxy) is 1. The van der Waals surface area contributed by atoms with Gasteiger partial charge in [0.15, 0.2) is 5.54 Å². The summed E-state index contributed by atoms with van der Waals surface area (Å²) in [4.78, 5) is 13.2. The smallest absolute Gasteiger partial charge is 0.394 e. The van der Waals surface area contributed by atoms with Crippen molar-refractivity contribution < 1.29 is 27.3 Å². The molecule has 4 nitrogen and oxygen atoms in total. The maximum absolute atomic E-state index is 13.8. The van der Waals surface area contributed by atoms with Crippen molar-refractivity contribution in [3.05, 3.63) is 34.3 Å². The lowest BCUT2D eigenvalue weighted by Gasteiger charge is -2.41. The van der Waals surface area contributed by atoms with Crippen molar-refractivity contribution in [2.45, 2.75) is 77.5 Å². The molecule has 2 atom stereocenters. The molecule has 0 amide bonds. The number of rotatable bonds is 7. The molecule has 0 aliphatic heterocycles. The van der Waals surface area contributed by atoms with Crippen molar-refractivity contribution in [3.63, 3.8) is 0 Å². The van der Waals surface area contributed by atoms with Crippen LogP contribution in [0, 0.1) is 5.41 Å². The summed E-state index contributed by atoms with van der Waals surface area (Å²) in [6, 6.07) is 6.31. The van der Waals surface area contributed by atoms with Crippen LogP contribution in [0.25, 0.3) is 0 Å². The molecule has 1 aromatic carbocycles. The van der Waals surface area contributed by atoms with Gasteiger partial charge in [-0.3, -0.25) is 0 Å². The van der Waals surface area contributed by atoms with Crippen LogP contribution in [0.2, 0.25) is 0 Å².